The molecule has 0 aliphatic carbocycles. The highest BCUT2D eigenvalue weighted by Crippen LogP contribution is 2.29. The van der Waals surface area contributed by atoms with Crippen molar-refractivity contribution in [1.82, 2.24) is 5.32 Å². The van der Waals surface area contributed by atoms with Crippen molar-refractivity contribution in [3.8, 4) is 0 Å². The molecule has 1 aromatic carbocycles. The van der Waals surface area contributed by atoms with Crippen LogP contribution in [-0.4, -0.2) is 13.1 Å². The van der Waals surface area contributed by atoms with Gasteiger partial charge in [0.2, 0.25) is 0 Å². The van der Waals surface area contributed by atoms with Crippen LogP contribution >= 0.6 is 15.9 Å². The van der Waals surface area contributed by atoms with E-state index in [-0.39, 0.29) is 0 Å². The van der Waals surface area contributed by atoms with Crippen LogP contribution < -0.4 is 5.32 Å². The van der Waals surface area contributed by atoms with Gasteiger partial charge in [-0.15, -0.1) is 0 Å². The Labute approximate surface area is 101 Å². The number of hydrogen-bond acceptors (Lipinski definition) is 1. The molecule has 84 valence electrons. The van der Waals surface area contributed by atoms with Gasteiger partial charge in [-0.3, -0.25) is 0 Å². The van der Waals surface area contributed by atoms with E-state index in [1.807, 2.05) is 7.05 Å². The maximum atomic E-state index is 3.62. The Hall–Kier alpha value is -0.340. The van der Waals surface area contributed by atoms with Gasteiger partial charge in [-0.05, 0) is 30.5 Å². The van der Waals surface area contributed by atoms with Crippen molar-refractivity contribution in [3.05, 3.63) is 34.3 Å². The smallest absolute Gasteiger partial charge is 0.0210 e. The fourth-order valence-electron chi connectivity index (χ4n) is 2.20. The van der Waals surface area contributed by atoms with E-state index in [0.29, 0.717) is 17.9 Å². The number of rotatable bonds is 4. The van der Waals surface area contributed by atoms with Crippen LogP contribution in [0.4, 0.5) is 0 Å². The number of benzene rings is 1. The standard InChI is InChI=1S/C13H20BrN/c1-9(2)13(15-4)10(3)11-7-5-6-8-12(11)14/h5-10,13,15H,1-4H3. The van der Waals surface area contributed by atoms with Gasteiger partial charge in [0.15, 0.2) is 0 Å². The molecule has 0 amide bonds. The number of nitrogens with one attached hydrogen (secondary N) is 1. The molecule has 0 saturated heterocycles. The zero-order valence-electron chi connectivity index (χ0n) is 9.92. The molecule has 0 spiro atoms. The molecule has 1 aromatic rings. The third-order valence-electron chi connectivity index (χ3n) is 2.99. The number of halogens is 1. The van der Waals surface area contributed by atoms with Crippen LogP contribution in [0.15, 0.2) is 28.7 Å². The Bertz CT molecular complexity index is 309. The SMILES string of the molecule is CNC(C(C)C)C(C)c1ccccc1Br. The predicted octanol–water partition coefficient (Wildman–Crippen LogP) is 3.80. The fourth-order valence-corrected chi connectivity index (χ4v) is 2.84. The van der Waals surface area contributed by atoms with Crippen molar-refractivity contribution in [2.75, 3.05) is 7.05 Å². The van der Waals surface area contributed by atoms with Crippen LogP contribution in [-0.2, 0) is 0 Å². The van der Waals surface area contributed by atoms with Crippen molar-refractivity contribution in [2.45, 2.75) is 32.7 Å². The lowest BCUT2D eigenvalue weighted by Gasteiger charge is -2.28. The van der Waals surface area contributed by atoms with Gasteiger partial charge in [0.25, 0.3) is 0 Å². The monoisotopic (exact) mass is 269 g/mol. The molecule has 0 heterocycles. The Morgan fingerprint density at radius 2 is 1.73 bits per heavy atom. The average molecular weight is 270 g/mol. The van der Waals surface area contributed by atoms with E-state index >= 15 is 0 Å². The second-order valence-electron chi connectivity index (χ2n) is 4.37. The van der Waals surface area contributed by atoms with Gasteiger partial charge in [-0.2, -0.15) is 0 Å². The van der Waals surface area contributed by atoms with E-state index in [9.17, 15) is 0 Å². The summed E-state index contributed by atoms with van der Waals surface area (Å²) in [6.07, 6.45) is 0. The van der Waals surface area contributed by atoms with Crippen LogP contribution in [0.1, 0.15) is 32.3 Å². The quantitative estimate of drug-likeness (QED) is 0.877. The summed E-state index contributed by atoms with van der Waals surface area (Å²) in [6, 6.07) is 8.98. The molecule has 0 bridgehead atoms. The van der Waals surface area contributed by atoms with E-state index in [1.54, 1.807) is 0 Å². The molecule has 0 aliphatic heterocycles. The molecule has 0 radical (unpaired) electrons. The van der Waals surface area contributed by atoms with Crippen LogP contribution in [0.25, 0.3) is 0 Å². The fraction of sp³-hybridized carbons (Fsp3) is 0.538. The second-order valence-corrected chi connectivity index (χ2v) is 5.22. The van der Waals surface area contributed by atoms with Gasteiger partial charge in [0.1, 0.15) is 0 Å². The summed E-state index contributed by atoms with van der Waals surface area (Å²) >= 11 is 3.62. The van der Waals surface area contributed by atoms with Gasteiger partial charge < -0.3 is 5.32 Å². The zero-order valence-corrected chi connectivity index (χ0v) is 11.5. The van der Waals surface area contributed by atoms with Crippen molar-refractivity contribution in [1.29, 1.82) is 0 Å². The molecule has 15 heavy (non-hydrogen) atoms. The normalized spacial score (nSPS) is 15.3. The highest BCUT2D eigenvalue weighted by molar-refractivity contribution is 9.10. The summed E-state index contributed by atoms with van der Waals surface area (Å²) in [5.41, 5.74) is 1.38. The lowest BCUT2D eigenvalue weighted by Crippen LogP contribution is -2.35. The van der Waals surface area contributed by atoms with Gasteiger partial charge in [0, 0.05) is 10.5 Å². The molecule has 1 rings (SSSR count). The molecule has 2 heteroatoms. The predicted molar refractivity (Wildman–Crippen MR) is 70.2 cm³/mol. The summed E-state index contributed by atoms with van der Waals surface area (Å²) in [4.78, 5) is 0. The first-order valence-corrected chi connectivity index (χ1v) is 6.29. The molecule has 0 aromatic heterocycles. The van der Waals surface area contributed by atoms with Gasteiger partial charge in [0.05, 0.1) is 0 Å². The lowest BCUT2D eigenvalue weighted by atomic mass is 9.86. The Morgan fingerprint density at radius 1 is 1.13 bits per heavy atom. The van der Waals surface area contributed by atoms with Crippen LogP contribution in [0.3, 0.4) is 0 Å². The topological polar surface area (TPSA) is 12.0 Å². The maximum Gasteiger partial charge on any atom is 0.0210 e. The summed E-state index contributed by atoms with van der Waals surface area (Å²) in [5.74, 6) is 1.16. The van der Waals surface area contributed by atoms with Gasteiger partial charge in [-0.1, -0.05) is 54.9 Å². The van der Waals surface area contributed by atoms with E-state index in [4.69, 9.17) is 0 Å². The molecular weight excluding hydrogens is 250 g/mol. The van der Waals surface area contributed by atoms with E-state index in [0.717, 1.165) is 0 Å². The number of hydrogen-bond donors (Lipinski definition) is 1. The van der Waals surface area contributed by atoms with Crippen molar-refractivity contribution < 1.29 is 0 Å². The van der Waals surface area contributed by atoms with Crippen molar-refractivity contribution in [2.24, 2.45) is 5.92 Å². The Morgan fingerprint density at radius 3 is 2.20 bits per heavy atom. The number of likely N-dealkylation sites (N-methyl/N-ethyl adjacent to an activating group) is 1. The molecule has 1 N–H and O–H groups in total. The largest absolute Gasteiger partial charge is 0.316 e. The van der Waals surface area contributed by atoms with Gasteiger partial charge in [-0.25, -0.2) is 0 Å². The third-order valence-corrected chi connectivity index (χ3v) is 3.71. The molecule has 0 aliphatic rings. The summed E-state index contributed by atoms with van der Waals surface area (Å²) in [7, 11) is 2.04. The first-order chi connectivity index (χ1) is 7.07. The second kappa shape index (κ2) is 5.66. The first kappa shape index (κ1) is 12.7. The summed E-state index contributed by atoms with van der Waals surface area (Å²) < 4.78 is 1.21. The van der Waals surface area contributed by atoms with Crippen LogP contribution in [0.5, 0.6) is 0 Å². The molecule has 1 nitrogen and oxygen atoms in total. The average Bonchev–Trinajstić information content (AvgIpc) is 2.18. The highest BCUT2D eigenvalue weighted by atomic mass is 79.9. The zero-order chi connectivity index (χ0) is 11.4. The van der Waals surface area contributed by atoms with Crippen LogP contribution in [0.2, 0.25) is 0 Å². The molecule has 0 saturated carbocycles. The van der Waals surface area contributed by atoms with E-state index in [2.05, 4.69) is 66.3 Å². The van der Waals surface area contributed by atoms with Crippen molar-refractivity contribution in [3.63, 3.8) is 0 Å². The minimum absolute atomic E-state index is 0.517. The van der Waals surface area contributed by atoms with Crippen molar-refractivity contribution >= 4 is 15.9 Å². The molecule has 2 atom stereocenters. The maximum absolute atomic E-state index is 3.62. The first-order valence-electron chi connectivity index (χ1n) is 5.49. The molecule has 0 fully saturated rings. The van der Waals surface area contributed by atoms with E-state index in [1.165, 1.54) is 10.0 Å². The summed E-state index contributed by atoms with van der Waals surface area (Å²) in [6.45, 7) is 6.80. The minimum Gasteiger partial charge on any atom is -0.316 e. The third kappa shape index (κ3) is 3.05. The molecule has 2 unspecified atom stereocenters. The highest BCUT2D eigenvalue weighted by Gasteiger charge is 2.21. The summed E-state index contributed by atoms with van der Waals surface area (Å²) in [5, 5.41) is 3.41. The lowest BCUT2D eigenvalue weighted by molar-refractivity contribution is 0.375. The Kier molecular flexibility index (Phi) is 4.81. The minimum atomic E-state index is 0.517. The molecular formula is C13H20BrN. The van der Waals surface area contributed by atoms with E-state index < -0.39 is 0 Å². The van der Waals surface area contributed by atoms with Gasteiger partial charge >= 0.3 is 0 Å². The Balaban J connectivity index is 2.92. The van der Waals surface area contributed by atoms with Crippen LogP contribution in [0, 0.1) is 5.92 Å².